The molecule has 2 fully saturated rings. The quantitative estimate of drug-likeness (QED) is 0.491. The van der Waals surface area contributed by atoms with Crippen LogP contribution < -0.4 is 11.0 Å². The zero-order valence-corrected chi connectivity index (χ0v) is 21.6. The predicted molar refractivity (Wildman–Crippen MR) is 137 cm³/mol. The molecule has 2 N–H and O–H groups in total. The number of piperidine rings is 1. The first-order valence-electron chi connectivity index (χ1n) is 13.1. The summed E-state index contributed by atoms with van der Waals surface area (Å²) in [6.45, 7) is 1.55. The van der Waals surface area contributed by atoms with Gasteiger partial charge < -0.3 is 19.9 Å². The Morgan fingerprint density at radius 2 is 1.95 bits per heavy atom. The summed E-state index contributed by atoms with van der Waals surface area (Å²) >= 11 is 0. The second-order valence-electron chi connectivity index (χ2n) is 9.98. The van der Waals surface area contributed by atoms with E-state index in [-0.39, 0.29) is 55.4 Å². The number of ether oxygens (including phenoxy) is 1. The Morgan fingerprint density at radius 3 is 2.72 bits per heavy atom. The molecule has 0 spiro atoms. The Balaban J connectivity index is 1.25. The monoisotopic (exact) mass is 543 g/mol. The topological polar surface area (TPSA) is 125 Å². The minimum atomic E-state index is -0.928. The number of fused-ring (bicyclic) bond motifs is 1. The van der Waals surface area contributed by atoms with Gasteiger partial charge in [0.2, 0.25) is 5.91 Å². The maximum absolute atomic E-state index is 14.6. The van der Waals surface area contributed by atoms with Gasteiger partial charge >= 0.3 is 11.7 Å². The van der Waals surface area contributed by atoms with Crippen LogP contribution in [-0.4, -0.2) is 87.4 Å². The fraction of sp³-hybridized carbons (Fsp3) is 0.500. The SMILES string of the molecule is COCCN1C[C@H](c2cccc(F)c2F)CC[C@@H](NC(=O)N2CCC(n3c(=O)[nH]c4nnccc43)CC2)C1=O. The number of amides is 3. The molecule has 39 heavy (non-hydrogen) atoms. The molecular weight excluding hydrogens is 512 g/mol. The molecule has 5 rings (SSSR count). The number of hydrogen-bond donors (Lipinski definition) is 2. The third-order valence-corrected chi connectivity index (χ3v) is 7.66. The van der Waals surface area contributed by atoms with Gasteiger partial charge in [-0.2, -0.15) is 5.10 Å². The highest BCUT2D eigenvalue weighted by Gasteiger charge is 2.35. The maximum Gasteiger partial charge on any atom is 0.327 e. The largest absolute Gasteiger partial charge is 0.383 e. The summed E-state index contributed by atoms with van der Waals surface area (Å²) in [5.74, 6) is -2.53. The van der Waals surface area contributed by atoms with Gasteiger partial charge in [-0.05, 0) is 43.4 Å². The lowest BCUT2D eigenvalue weighted by atomic mass is 9.93. The summed E-state index contributed by atoms with van der Waals surface area (Å²) in [5.41, 5.74) is 1.04. The van der Waals surface area contributed by atoms with Crippen LogP contribution in [0.5, 0.6) is 0 Å². The minimum Gasteiger partial charge on any atom is -0.383 e. The Morgan fingerprint density at radius 1 is 1.15 bits per heavy atom. The highest BCUT2D eigenvalue weighted by molar-refractivity contribution is 5.87. The fourth-order valence-corrected chi connectivity index (χ4v) is 5.60. The average Bonchev–Trinajstić information content (AvgIpc) is 3.20. The zero-order valence-electron chi connectivity index (χ0n) is 21.6. The first-order chi connectivity index (χ1) is 18.9. The molecular formula is C26H31F2N7O4. The number of halogens is 2. The predicted octanol–water partition coefficient (Wildman–Crippen LogP) is 2.17. The third kappa shape index (κ3) is 5.49. The molecule has 3 amide bonds. The van der Waals surface area contributed by atoms with Crippen LogP contribution >= 0.6 is 0 Å². The minimum absolute atomic E-state index is 0.106. The number of carbonyl (C=O) groups is 2. The number of imidazole rings is 1. The Kier molecular flexibility index (Phi) is 7.87. The molecule has 0 unspecified atom stereocenters. The highest BCUT2D eigenvalue weighted by Crippen LogP contribution is 2.30. The van der Waals surface area contributed by atoms with Gasteiger partial charge in [-0.1, -0.05) is 12.1 Å². The van der Waals surface area contributed by atoms with Crippen LogP contribution in [0.1, 0.15) is 43.2 Å². The summed E-state index contributed by atoms with van der Waals surface area (Å²) in [6.07, 6.45) is 3.33. The van der Waals surface area contributed by atoms with Gasteiger partial charge in [0.1, 0.15) is 6.04 Å². The first kappa shape index (κ1) is 26.7. The van der Waals surface area contributed by atoms with E-state index in [0.717, 1.165) is 6.07 Å². The van der Waals surface area contributed by atoms with Crippen LogP contribution in [0.4, 0.5) is 13.6 Å². The molecule has 11 nitrogen and oxygen atoms in total. The van der Waals surface area contributed by atoms with Crippen molar-refractivity contribution in [2.75, 3.05) is 39.9 Å². The fourth-order valence-electron chi connectivity index (χ4n) is 5.60. The molecule has 13 heteroatoms. The van der Waals surface area contributed by atoms with Crippen molar-refractivity contribution in [3.05, 3.63) is 58.1 Å². The summed E-state index contributed by atoms with van der Waals surface area (Å²) in [6, 6.07) is 4.52. The van der Waals surface area contributed by atoms with E-state index >= 15 is 0 Å². The Bertz CT molecular complexity index is 1400. The molecule has 2 saturated heterocycles. The molecule has 0 saturated carbocycles. The molecule has 2 atom stereocenters. The molecule has 208 valence electrons. The van der Waals surface area contributed by atoms with Crippen molar-refractivity contribution in [3.8, 4) is 0 Å². The Hall–Kier alpha value is -3.87. The van der Waals surface area contributed by atoms with Crippen molar-refractivity contribution in [1.29, 1.82) is 0 Å². The number of methoxy groups -OCH3 is 1. The molecule has 0 bridgehead atoms. The second-order valence-corrected chi connectivity index (χ2v) is 9.98. The molecule has 2 aliphatic rings. The second kappa shape index (κ2) is 11.5. The molecule has 1 aromatic carbocycles. The molecule has 2 aromatic heterocycles. The number of benzene rings is 1. The van der Waals surface area contributed by atoms with Gasteiger partial charge in [0.25, 0.3) is 0 Å². The van der Waals surface area contributed by atoms with Gasteiger partial charge in [-0.15, -0.1) is 5.10 Å². The lowest BCUT2D eigenvalue weighted by Gasteiger charge is -2.34. The van der Waals surface area contributed by atoms with E-state index in [1.165, 1.54) is 25.4 Å². The zero-order chi connectivity index (χ0) is 27.5. The number of aromatic amines is 1. The molecule has 0 radical (unpaired) electrons. The summed E-state index contributed by atoms with van der Waals surface area (Å²) < 4.78 is 35.3. The molecule has 3 aromatic rings. The van der Waals surface area contributed by atoms with Crippen LogP contribution in [0, 0.1) is 11.6 Å². The number of nitrogens with one attached hydrogen (secondary N) is 2. The van der Waals surface area contributed by atoms with Crippen molar-refractivity contribution in [1.82, 2.24) is 34.9 Å². The van der Waals surface area contributed by atoms with Gasteiger partial charge in [0.15, 0.2) is 17.3 Å². The normalized spacial score (nSPS) is 20.8. The van der Waals surface area contributed by atoms with Crippen LogP contribution in [-0.2, 0) is 9.53 Å². The highest BCUT2D eigenvalue weighted by atomic mass is 19.2. The van der Waals surface area contributed by atoms with Gasteiger partial charge in [0.05, 0.1) is 18.3 Å². The lowest BCUT2D eigenvalue weighted by molar-refractivity contribution is -0.133. The molecule has 0 aliphatic carbocycles. The standard InChI is InChI=1S/C26H31F2N7O4/c1-39-14-13-34-15-16(18-3-2-4-19(27)22(18)28)5-6-20(24(34)36)30-25(37)33-11-8-17(9-12-33)35-21-7-10-29-32-23(21)31-26(35)38/h2-4,7,10,16-17,20H,5-6,8-9,11-15H2,1H3,(H,30,37)(H,31,32,38)/t16-,20-/m1/s1. The molecule has 4 heterocycles. The van der Waals surface area contributed by atoms with E-state index in [4.69, 9.17) is 4.74 Å². The lowest BCUT2D eigenvalue weighted by Crippen LogP contribution is -2.53. The van der Waals surface area contributed by atoms with E-state index in [9.17, 15) is 23.2 Å². The number of aromatic nitrogens is 4. The van der Waals surface area contributed by atoms with E-state index in [1.54, 1.807) is 20.4 Å². The summed E-state index contributed by atoms with van der Waals surface area (Å²) in [4.78, 5) is 45.0. The molecule has 2 aliphatic heterocycles. The third-order valence-electron chi connectivity index (χ3n) is 7.66. The van der Waals surface area contributed by atoms with Crippen molar-refractivity contribution < 1.29 is 23.1 Å². The van der Waals surface area contributed by atoms with E-state index in [2.05, 4.69) is 20.5 Å². The number of nitrogens with zero attached hydrogens (tertiary/aromatic N) is 5. The van der Waals surface area contributed by atoms with Crippen LogP contribution in [0.3, 0.4) is 0 Å². The first-order valence-corrected chi connectivity index (χ1v) is 13.1. The Labute approximate surface area is 223 Å². The van der Waals surface area contributed by atoms with Crippen LogP contribution in [0.2, 0.25) is 0 Å². The number of likely N-dealkylation sites (tertiary alicyclic amines) is 2. The van der Waals surface area contributed by atoms with E-state index in [0.29, 0.717) is 43.5 Å². The van der Waals surface area contributed by atoms with Gasteiger partial charge in [-0.25, -0.2) is 18.4 Å². The number of urea groups is 1. The van der Waals surface area contributed by atoms with Gasteiger partial charge in [0, 0.05) is 45.2 Å². The van der Waals surface area contributed by atoms with Crippen molar-refractivity contribution >= 4 is 23.1 Å². The summed E-state index contributed by atoms with van der Waals surface area (Å²) in [5, 5.41) is 10.6. The number of rotatable bonds is 6. The van der Waals surface area contributed by atoms with E-state index < -0.39 is 23.6 Å². The van der Waals surface area contributed by atoms with Crippen LogP contribution in [0.15, 0.2) is 35.3 Å². The summed E-state index contributed by atoms with van der Waals surface area (Å²) in [7, 11) is 1.52. The number of carbonyl (C=O) groups excluding carboxylic acids is 2. The van der Waals surface area contributed by atoms with Crippen molar-refractivity contribution in [2.45, 2.75) is 43.7 Å². The van der Waals surface area contributed by atoms with Crippen molar-refractivity contribution in [3.63, 3.8) is 0 Å². The van der Waals surface area contributed by atoms with Gasteiger partial charge in [-0.3, -0.25) is 14.3 Å². The van der Waals surface area contributed by atoms with Crippen LogP contribution in [0.25, 0.3) is 11.2 Å². The maximum atomic E-state index is 14.6. The number of hydrogen-bond acceptors (Lipinski definition) is 6. The van der Waals surface area contributed by atoms with Crippen molar-refractivity contribution in [2.24, 2.45) is 0 Å². The smallest absolute Gasteiger partial charge is 0.327 e. The average molecular weight is 544 g/mol. The van der Waals surface area contributed by atoms with E-state index in [1.807, 2.05) is 0 Å². The number of H-pyrrole nitrogens is 1.